The predicted octanol–water partition coefficient (Wildman–Crippen LogP) is 0.372. The molecule has 0 aromatic heterocycles. The molecular weight excluding hydrogens is 260 g/mol. The Balaban J connectivity index is 1.70. The molecule has 2 rings (SSSR count). The normalized spacial score (nSPS) is 26.9. The molecule has 1 aliphatic heterocycles. The molecule has 0 bridgehead atoms. The van der Waals surface area contributed by atoms with Crippen LogP contribution in [0.3, 0.4) is 0 Å². The zero-order valence-electron chi connectivity index (χ0n) is 11.5. The molecule has 3 N–H and O–H groups in total. The van der Waals surface area contributed by atoms with E-state index >= 15 is 0 Å². The highest BCUT2D eigenvalue weighted by molar-refractivity contribution is 5.81. The van der Waals surface area contributed by atoms with E-state index in [4.69, 9.17) is 15.6 Å². The monoisotopic (exact) mass is 282 g/mol. The van der Waals surface area contributed by atoms with Gasteiger partial charge in [-0.25, -0.2) is 0 Å². The van der Waals surface area contributed by atoms with E-state index in [0.717, 1.165) is 12.8 Å². The summed E-state index contributed by atoms with van der Waals surface area (Å²) in [6.07, 6.45) is 6.14. The van der Waals surface area contributed by atoms with Crippen LogP contribution in [0, 0.1) is 5.92 Å². The number of nitrogens with zero attached hydrogens (tertiary/aromatic N) is 1. The summed E-state index contributed by atoms with van der Waals surface area (Å²) in [4.78, 5) is 24.5. The fourth-order valence-corrected chi connectivity index (χ4v) is 2.70. The highest BCUT2D eigenvalue weighted by Crippen LogP contribution is 2.22. The Kier molecular flexibility index (Phi) is 5.14. The first-order valence-corrected chi connectivity index (χ1v) is 7.12. The Hall–Kier alpha value is -1.40. The smallest absolute Gasteiger partial charge is 0.305 e. The predicted molar refractivity (Wildman–Crippen MR) is 73.0 cm³/mol. The Labute approximate surface area is 118 Å². The molecule has 2 atom stereocenters. The molecule has 0 aromatic carbocycles. The molecule has 20 heavy (non-hydrogen) atoms. The number of carbonyl (C=O) groups is 2. The van der Waals surface area contributed by atoms with Crippen molar-refractivity contribution < 1.29 is 19.4 Å². The van der Waals surface area contributed by atoms with Gasteiger partial charge in [0.1, 0.15) is 0 Å². The summed E-state index contributed by atoms with van der Waals surface area (Å²) in [6, 6.07) is 0.000779. The molecule has 6 nitrogen and oxygen atoms in total. The van der Waals surface area contributed by atoms with E-state index in [0.29, 0.717) is 19.5 Å². The fourth-order valence-electron chi connectivity index (χ4n) is 2.70. The van der Waals surface area contributed by atoms with Gasteiger partial charge in [0.15, 0.2) is 0 Å². The van der Waals surface area contributed by atoms with E-state index in [1.165, 1.54) is 0 Å². The summed E-state index contributed by atoms with van der Waals surface area (Å²) in [5, 5.41) is 8.55. The standard InChI is InChI=1S/C14H22N2O4/c15-11-2-1-10(9-11)14(19)16-6-3-12(4-7-16)20-8-5-13(17)18/h1-2,10-12H,3-9,15H2,(H,17,18). The minimum absolute atomic E-state index is 0.000779. The highest BCUT2D eigenvalue weighted by atomic mass is 16.5. The van der Waals surface area contributed by atoms with Crippen molar-refractivity contribution in [2.24, 2.45) is 11.7 Å². The summed E-state index contributed by atoms with van der Waals surface area (Å²) < 4.78 is 5.51. The molecule has 2 aliphatic rings. The van der Waals surface area contributed by atoms with Crippen LogP contribution >= 0.6 is 0 Å². The number of rotatable bonds is 5. The number of carboxylic acid groups (broad SMARTS) is 1. The van der Waals surface area contributed by atoms with E-state index in [1.807, 2.05) is 17.1 Å². The van der Waals surface area contributed by atoms with Crippen molar-refractivity contribution in [3.63, 3.8) is 0 Å². The number of carboxylic acids is 1. The molecule has 0 aromatic rings. The molecule has 6 heteroatoms. The lowest BCUT2D eigenvalue weighted by Gasteiger charge is -2.33. The number of hydrogen-bond acceptors (Lipinski definition) is 4. The van der Waals surface area contributed by atoms with Gasteiger partial charge in [0.25, 0.3) is 0 Å². The second-order valence-corrected chi connectivity index (χ2v) is 5.43. The van der Waals surface area contributed by atoms with Crippen molar-refractivity contribution in [3.8, 4) is 0 Å². The second-order valence-electron chi connectivity index (χ2n) is 5.43. The van der Waals surface area contributed by atoms with Crippen molar-refractivity contribution in [2.45, 2.75) is 37.8 Å². The lowest BCUT2D eigenvalue weighted by atomic mass is 10.0. The number of nitrogens with two attached hydrogens (primary N) is 1. The molecule has 1 fully saturated rings. The average Bonchev–Trinajstić information content (AvgIpc) is 2.85. The summed E-state index contributed by atoms with van der Waals surface area (Å²) >= 11 is 0. The topological polar surface area (TPSA) is 92.9 Å². The van der Waals surface area contributed by atoms with Gasteiger partial charge in [0.05, 0.1) is 25.0 Å². The van der Waals surface area contributed by atoms with Gasteiger partial charge in [-0.05, 0) is 19.3 Å². The molecule has 0 saturated carbocycles. The summed E-state index contributed by atoms with van der Waals surface area (Å²) in [5.74, 6) is -0.769. The third kappa shape index (κ3) is 4.05. The number of likely N-dealkylation sites (tertiary alicyclic amines) is 1. The van der Waals surface area contributed by atoms with Crippen LogP contribution in [0.4, 0.5) is 0 Å². The maximum atomic E-state index is 12.3. The first-order chi connectivity index (χ1) is 9.56. The van der Waals surface area contributed by atoms with Crippen molar-refractivity contribution in [2.75, 3.05) is 19.7 Å². The first-order valence-electron chi connectivity index (χ1n) is 7.12. The number of ether oxygens (including phenoxy) is 1. The van der Waals surface area contributed by atoms with Crippen LogP contribution in [-0.2, 0) is 14.3 Å². The van der Waals surface area contributed by atoms with Gasteiger partial charge in [-0.2, -0.15) is 0 Å². The second kappa shape index (κ2) is 6.85. The highest BCUT2D eigenvalue weighted by Gasteiger charge is 2.30. The van der Waals surface area contributed by atoms with E-state index in [1.54, 1.807) is 0 Å². The number of hydrogen-bond donors (Lipinski definition) is 2. The van der Waals surface area contributed by atoms with Gasteiger partial charge in [0.2, 0.25) is 5.91 Å². The van der Waals surface area contributed by atoms with Crippen molar-refractivity contribution in [1.29, 1.82) is 0 Å². The van der Waals surface area contributed by atoms with E-state index in [-0.39, 0.29) is 37.0 Å². The average molecular weight is 282 g/mol. The molecule has 112 valence electrons. The number of aliphatic carboxylic acids is 1. The molecular formula is C14H22N2O4. The van der Waals surface area contributed by atoms with Crippen LogP contribution in [0.5, 0.6) is 0 Å². The van der Waals surface area contributed by atoms with Crippen LogP contribution in [0.2, 0.25) is 0 Å². The third-order valence-electron chi connectivity index (χ3n) is 3.86. The van der Waals surface area contributed by atoms with Gasteiger partial charge in [-0.1, -0.05) is 12.2 Å². The molecule has 0 radical (unpaired) electrons. The minimum atomic E-state index is -0.845. The maximum Gasteiger partial charge on any atom is 0.305 e. The number of piperidine rings is 1. The minimum Gasteiger partial charge on any atom is -0.481 e. The Bertz CT molecular complexity index is 389. The zero-order chi connectivity index (χ0) is 14.5. The Morgan fingerprint density at radius 1 is 1.30 bits per heavy atom. The van der Waals surface area contributed by atoms with Gasteiger partial charge < -0.3 is 20.5 Å². The van der Waals surface area contributed by atoms with Crippen molar-refractivity contribution in [1.82, 2.24) is 4.90 Å². The van der Waals surface area contributed by atoms with Gasteiger partial charge in [-0.15, -0.1) is 0 Å². The first kappa shape index (κ1) is 15.0. The van der Waals surface area contributed by atoms with Crippen LogP contribution in [0.25, 0.3) is 0 Å². The Morgan fingerprint density at radius 2 is 2.00 bits per heavy atom. The SMILES string of the molecule is NC1C=CC(C(=O)N2CCC(OCCC(=O)O)CC2)C1. The molecule has 1 heterocycles. The third-order valence-corrected chi connectivity index (χ3v) is 3.86. The van der Waals surface area contributed by atoms with Crippen molar-refractivity contribution in [3.05, 3.63) is 12.2 Å². The number of carbonyl (C=O) groups excluding carboxylic acids is 1. The van der Waals surface area contributed by atoms with Gasteiger partial charge in [0, 0.05) is 19.1 Å². The Morgan fingerprint density at radius 3 is 2.55 bits per heavy atom. The lowest BCUT2D eigenvalue weighted by Crippen LogP contribution is -2.43. The molecule has 1 amide bonds. The van der Waals surface area contributed by atoms with Crippen LogP contribution in [-0.4, -0.2) is 53.7 Å². The van der Waals surface area contributed by atoms with E-state index in [9.17, 15) is 9.59 Å². The van der Waals surface area contributed by atoms with Gasteiger partial charge in [-0.3, -0.25) is 9.59 Å². The lowest BCUT2D eigenvalue weighted by molar-refractivity contribution is -0.139. The zero-order valence-corrected chi connectivity index (χ0v) is 11.5. The van der Waals surface area contributed by atoms with E-state index < -0.39 is 5.97 Å². The van der Waals surface area contributed by atoms with E-state index in [2.05, 4.69) is 0 Å². The van der Waals surface area contributed by atoms with Crippen LogP contribution in [0.15, 0.2) is 12.2 Å². The largest absolute Gasteiger partial charge is 0.481 e. The summed E-state index contributed by atoms with van der Waals surface area (Å²) in [6.45, 7) is 1.60. The summed E-state index contributed by atoms with van der Waals surface area (Å²) in [7, 11) is 0. The quantitative estimate of drug-likeness (QED) is 0.711. The molecule has 0 spiro atoms. The molecule has 1 saturated heterocycles. The summed E-state index contributed by atoms with van der Waals surface area (Å²) in [5.41, 5.74) is 5.77. The fraction of sp³-hybridized carbons (Fsp3) is 0.714. The molecule has 1 aliphatic carbocycles. The number of amides is 1. The van der Waals surface area contributed by atoms with Crippen LogP contribution < -0.4 is 5.73 Å². The van der Waals surface area contributed by atoms with Gasteiger partial charge >= 0.3 is 5.97 Å². The molecule has 2 unspecified atom stereocenters. The maximum absolute atomic E-state index is 12.3. The van der Waals surface area contributed by atoms with Crippen LogP contribution in [0.1, 0.15) is 25.7 Å². The van der Waals surface area contributed by atoms with Crippen molar-refractivity contribution >= 4 is 11.9 Å².